The van der Waals surface area contributed by atoms with E-state index in [0.29, 0.717) is 28.7 Å². The van der Waals surface area contributed by atoms with E-state index in [4.69, 9.17) is 23.2 Å². The topological polar surface area (TPSA) is 13.0 Å². The molecule has 2 saturated heterocycles. The third-order valence-electron chi connectivity index (χ3n) is 6.51. The maximum Gasteiger partial charge on any atom is 0.416 e. The number of alkyl halides is 3. The molecule has 0 aromatic heterocycles. The standard InChI is InChI=1S/C24H29Cl2F3N4/c1-30-7-2-8-32(12-9-30)19-3-5-21(24(27,28)29)18(15-19)17-31-10-13-33(14-11-31)20-4-6-22(25)23(26)16-20/h3-6,15-16H,2,7-14,17H2,1H3. The number of hydrogen-bond donors (Lipinski definition) is 0. The van der Waals surface area contributed by atoms with E-state index in [9.17, 15) is 13.2 Å². The predicted octanol–water partition coefficient (Wildman–Crippen LogP) is 5.48. The summed E-state index contributed by atoms with van der Waals surface area (Å²) in [5.41, 5.74) is 1.67. The van der Waals surface area contributed by atoms with E-state index in [0.717, 1.165) is 57.1 Å². The fourth-order valence-corrected chi connectivity index (χ4v) is 4.87. The van der Waals surface area contributed by atoms with Crippen molar-refractivity contribution in [2.75, 3.05) is 69.2 Å². The molecule has 2 aromatic rings. The van der Waals surface area contributed by atoms with E-state index in [1.807, 2.05) is 12.1 Å². The van der Waals surface area contributed by atoms with Gasteiger partial charge in [0.25, 0.3) is 0 Å². The van der Waals surface area contributed by atoms with Crippen molar-refractivity contribution < 1.29 is 13.2 Å². The van der Waals surface area contributed by atoms with Crippen LogP contribution in [-0.4, -0.2) is 69.2 Å². The van der Waals surface area contributed by atoms with Gasteiger partial charge in [-0.25, -0.2) is 0 Å². The number of nitrogens with zero attached hydrogens (tertiary/aromatic N) is 4. The molecule has 2 heterocycles. The van der Waals surface area contributed by atoms with Crippen LogP contribution in [0.2, 0.25) is 10.0 Å². The molecule has 2 aliphatic rings. The Bertz CT molecular complexity index is 961. The molecule has 0 saturated carbocycles. The Balaban J connectivity index is 1.47. The second kappa shape index (κ2) is 10.3. The van der Waals surface area contributed by atoms with Crippen LogP contribution in [0.25, 0.3) is 0 Å². The second-order valence-corrected chi connectivity index (χ2v) is 9.66. The largest absolute Gasteiger partial charge is 0.416 e. The highest BCUT2D eigenvalue weighted by Crippen LogP contribution is 2.35. The minimum Gasteiger partial charge on any atom is -0.370 e. The molecule has 33 heavy (non-hydrogen) atoms. The van der Waals surface area contributed by atoms with Crippen LogP contribution < -0.4 is 9.80 Å². The molecule has 0 N–H and O–H groups in total. The zero-order valence-corrected chi connectivity index (χ0v) is 20.2. The average molecular weight is 501 g/mol. The molecule has 0 aliphatic carbocycles. The number of anilines is 2. The van der Waals surface area contributed by atoms with E-state index in [2.05, 4.69) is 26.6 Å². The van der Waals surface area contributed by atoms with Crippen LogP contribution in [0.15, 0.2) is 36.4 Å². The molecule has 2 aromatic carbocycles. The molecular formula is C24H29Cl2F3N4. The van der Waals surface area contributed by atoms with E-state index >= 15 is 0 Å². The summed E-state index contributed by atoms with van der Waals surface area (Å²) in [6, 6.07) is 10.2. The summed E-state index contributed by atoms with van der Waals surface area (Å²) in [4.78, 5) is 8.75. The van der Waals surface area contributed by atoms with E-state index in [-0.39, 0.29) is 6.54 Å². The SMILES string of the molecule is CN1CCCN(c2ccc(C(F)(F)F)c(CN3CCN(c4ccc(Cl)c(Cl)c4)CC3)c2)CC1. The molecule has 0 radical (unpaired) electrons. The molecule has 180 valence electrons. The van der Waals surface area contributed by atoms with Crippen molar-refractivity contribution in [3.8, 4) is 0 Å². The summed E-state index contributed by atoms with van der Waals surface area (Å²) in [6.07, 6.45) is -3.36. The van der Waals surface area contributed by atoms with Crippen molar-refractivity contribution in [1.82, 2.24) is 9.80 Å². The number of likely N-dealkylation sites (N-methyl/N-ethyl adjacent to an activating group) is 1. The highest BCUT2D eigenvalue weighted by atomic mass is 35.5. The molecule has 2 fully saturated rings. The van der Waals surface area contributed by atoms with Crippen molar-refractivity contribution >= 4 is 34.6 Å². The first-order valence-corrected chi connectivity index (χ1v) is 12.0. The maximum absolute atomic E-state index is 13.8. The van der Waals surface area contributed by atoms with Gasteiger partial charge >= 0.3 is 6.18 Å². The van der Waals surface area contributed by atoms with Gasteiger partial charge in [0, 0.05) is 63.7 Å². The van der Waals surface area contributed by atoms with E-state index < -0.39 is 11.7 Å². The van der Waals surface area contributed by atoms with Gasteiger partial charge in [0.05, 0.1) is 15.6 Å². The highest BCUT2D eigenvalue weighted by molar-refractivity contribution is 6.42. The van der Waals surface area contributed by atoms with Gasteiger partial charge in [-0.1, -0.05) is 23.2 Å². The lowest BCUT2D eigenvalue weighted by molar-refractivity contribution is -0.138. The van der Waals surface area contributed by atoms with Crippen LogP contribution in [0.3, 0.4) is 0 Å². The summed E-state index contributed by atoms with van der Waals surface area (Å²) in [5, 5.41) is 1.01. The Kier molecular flexibility index (Phi) is 7.63. The molecule has 0 amide bonds. The van der Waals surface area contributed by atoms with Crippen molar-refractivity contribution in [1.29, 1.82) is 0 Å². The lowest BCUT2D eigenvalue weighted by atomic mass is 10.0. The van der Waals surface area contributed by atoms with Gasteiger partial charge in [-0.2, -0.15) is 13.2 Å². The van der Waals surface area contributed by atoms with Gasteiger partial charge in [0.15, 0.2) is 0 Å². The van der Waals surface area contributed by atoms with Crippen molar-refractivity contribution in [2.45, 2.75) is 19.1 Å². The van der Waals surface area contributed by atoms with Crippen LogP contribution in [-0.2, 0) is 12.7 Å². The van der Waals surface area contributed by atoms with Gasteiger partial charge in [-0.3, -0.25) is 4.90 Å². The number of benzene rings is 2. The third-order valence-corrected chi connectivity index (χ3v) is 7.25. The van der Waals surface area contributed by atoms with Gasteiger partial charge < -0.3 is 14.7 Å². The van der Waals surface area contributed by atoms with Gasteiger partial charge in [0.2, 0.25) is 0 Å². The Morgan fingerprint density at radius 3 is 2.09 bits per heavy atom. The van der Waals surface area contributed by atoms with Crippen LogP contribution in [0.1, 0.15) is 17.5 Å². The van der Waals surface area contributed by atoms with Crippen LogP contribution in [0, 0.1) is 0 Å². The fourth-order valence-electron chi connectivity index (χ4n) is 4.58. The van der Waals surface area contributed by atoms with Crippen molar-refractivity contribution in [3.63, 3.8) is 0 Å². The minimum atomic E-state index is -4.37. The molecule has 0 bridgehead atoms. The molecule has 0 spiro atoms. The summed E-state index contributed by atoms with van der Waals surface area (Å²) >= 11 is 12.2. The minimum absolute atomic E-state index is 0.283. The van der Waals surface area contributed by atoms with Gasteiger partial charge in [0.1, 0.15) is 0 Å². The fraction of sp³-hybridized carbons (Fsp3) is 0.500. The number of halogens is 5. The molecule has 4 nitrogen and oxygen atoms in total. The summed E-state index contributed by atoms with van der Waals surface area (Å²) in [5.74, 6) is 0. The molecule has 0 unspecified atom stereocenters. The maximum atomic E-state index is 13.8. The van der Waals surface area contributed by atoms with Gasteiger partial charge in [-0.05, 0) is 62.0 Å². The normalized spacial score (nSPS) is 19.1. The Labute approximate surface area is 203 Å². The van der Waals surface area contributed by atoms with Crippen LogP contribution in [0.4, 0.5) is 24.5 Å². The highest BCUT2D eigenvalue weighted by Gasteiger charge is 2.34. The van der Waals surface area contributed by atoms with Crippen molar-refractivity contribution in [2.24, 2.45) is 0 Å². The second-order valence-electron chi connectivity index (χ2n) is 8.84. The number of hydrogen-bond acceptors (Lipinski definition) is 4. The summed E-state index contributed by atoms with van der Waals surface area (Å²) in [6.45, 7) is 6.67. The quantitative estimate of drug-likeness (QED) is 0.551. The zero-order chi connectivity index (χ0) is 23.6. The molecule has 4 rings (SSSR count). The molecule has 9 heteroatoms. The first-order valence-electron chi connectivity index (χ1n) is 11.3. The lowest BCUT2D eigenvalue weighted by Gasteiger charge is -2.36. The Morgan fingerprint density at radius 1 is 0.758 bits per heavy atom. The monoisotopic (exact) mass is 500 g/mol. The Morgan fingerprint density at radius 2 is 1.39 bits per heavy atom. The third kappa shape index (κ3) is 6.07. The Hall–Kier alpha value is -1.67. The summed E-state index contributed by atoms with van der Waals surface area (Å²) < 4.78 is 41.3. The van der Waals surface area contributed by atoms with Gasteiger partial charge in [-0.15, -0.1) is 0 Å². The van der Waals surface area contributed by atoms with Crippen LogP contribution >= 0.6 is 23.2 Å². The number of piperazine rings is 1. The van der Waals surface area contributed by atoms with E-state index in [1.54, 1.807) is 18.2 Å². The summed E-state index contributed by atoms with van der Waals surface area (Å²) in [7, 11) is 2.08. The average Bonchev–Trinajstić information content (AvgIpc) is 3.00. The molecule has 2 aliphatic heterocycles. The number of rotatable bonds is 4. The first-order chi connectivity index (χ1) is 15.7. The molecule has 0 atom stereocenters. The van der Waals surface area contributed by atoms with E-state index in [1.165, 1.54) is 6.07 Å². The lowest BCUT2D eigenvalue weighted by Crippen LogP contribution is -2.46. The smallest absolute Gasteiger partial charge is 0.370 e. The zero-order valence-electron chi connectivity index (χ0n) is 18.7. The van der Waals surface area contributed by atoms with Crippen molar-refractivity contribution in [3.05, 3.63) is 57.6 Å². The van der Waals surface area contributed by atoms with Crippen LogP contribution in [0.5, 0.6) is 0 Å². The predicted molar refractivity (Wildman–Crippen MR) is 130 cm³/mol. The molecular weight excluding hydrogens is 472 g/mol. The first kappa shape index (κ1) is 24.5.